The predicted octanol–water partition coefficient (Wildman–Crippen LogP) is 2.10. The molecule has 3 heterocycles. The summed E-state index contributed by atoms with van der Waals surface area (Å²) in [6.45, 7) is 0. The van der Waals surface area contributed by atoms with Gasteiger partial charge in [0.15, 0.2) is 0 Å². The lowest BCUT2D eigenvalue weighted by Crippen LogP contribution is -2.10. The Labute approximate surface area is 111 Å². The second-order valence-corrected chi connectivity index (χ2v) is 4.68. The first-order valence-electron chi connectivity index (χ1n) is 6.06. The van der Waals surface area contributed by atoms with Crippen LogP contribution in [0.15, 0.2) is 36.9 Å². The summed E-state index contributed by atoms with van der Waals surface area (Å²) in [4.78, 5) is 15.0. The van der Waals surface area contributed by atoms with E-state index in [1.807, 2.05) is 55.1 Å². The summed E-state index contributed by atoms with van der Waals surface area (Å²) in [5.74, 6) is 0.894. The van der Waals surface area contributed by atoms with Gasteiger partial charge in [-0.25, -0.2) is 15.0 Å². The molecule has 0 fully saturated rings. The summed E-state index contributed by atoms with van der Waals surface area (Å²) in [6.07, 6.45) is 5.42. The Balaban J connectivity index is 2.21. The van der Waals surface area contributed by atoms with E-state index < -0.39 is 0 Å². The van der Waals surface area contributed by atoms with Crippen LogP contribution in [0.1, 0.15) is 0 Å². The lowest BCUT2D eigenvalue weighted by Gasteiger charge is -2.11. The monoisotopic (exact) mass is 253 g/mol. The van der Waals surface area contributed by atoms with E-state index >= 15 is 0 Å². The second-order valence-electron chi connectivity index (χ2n) is 4.68. The van der Waals surface area contributed by atoms with Gasteiger partial charge in [-0.05, 0) is 12.1 Å². The molecule has 0 saturated carbocycles. The van der Waals surface area contributed by atoms with Crippen molar-refractivity contribution in [3.05, 3.63) is 36.9 Å². The number of anilines is 1. The Kier molecular flexibility index (Phi) is 2.67. The Bertz CT molecular complexity index is 730. The molecular formula is C14H15N5. The number of hydrogen-bond donors (Lipinski definition) is 0. The molecule has 0 atom stereocenters. The maximum atomic E-state index is 4.39. The molecule has 0 aromatic carbocycles. The smallest absolute Gasteiger partial charge is 0.140 e. The molecule has 0 amide bonds. The lowest BCUT2D eigenvalue weighted by atomic mass is 10.1. The first-order valence-corrected chi connectivity index (χ1v) is 6.06. The molecule has 5 heteroatoms. The molecule has 19 heavy (non-hydrogen) atoms. The minimum absolute atomic E-state index is 0.894. The Morgan fingerprint density at radius 2 is 1.95 bits per heavy atom. The van der Waals surface area contributed by atoms with Crippen LogP contribution < -0.4 is 4.90 Å². The van der Waals surface area contributed by atoms with Crippen LogP contribution in [-0.4, -0.2) is 33.6 Å². The second kappa shape index (κ2) is 4.35. The largest absolute Gasteiger partial charge is 0.363 e. The van der Waals surface area contributed by atoms with Crippen molar-refractivity contribution in [2.45, 2.75) is 0 Å². The van der Waals surface area contributed by atoms with Crippen LogP contribution in [0, 0.1) is 0 Å². The van der Waals surface area contributed by atoms with Crippen LogP contribution in [0.3, 0.4) is 0 Å². The standard InChI is InChI=1S/C14H15N5/c1-18(2)13-8-12(16-9-17-13)10-4-6-15-14-11(10)5-7-19(14)3/h4-9H,1-3H3. The third kappa shape index (κ3) is 1.93. The van der Waals surface area contributed by atoms with E-state index in [4.69, 9.17) is 0 Å². The summed E-state index contributed by atoms with van der Waals surface area (Å²) in [7, 11) is 5.93. The zero-order chi connectivity index (χ0) is 13.4. The van der Waals surface area contributed by atoms with Gasteiger partial charge in [-0.15, -0.1) is 0 Å². The fourth-order valence-corrected chi connectivity index (χ4v) is 2.13. The molecule has 96 valence electrons. The maximum Gasteiger partial charge on any atom is 0.140 e. The highest BCUT2D eigenvalue weighted by Gasteiger charge is 2.09. The Hall–Kier alpha value is -2.43. The zero-order valence-electron chi connectivity index (χ0n) is 11.2. The van der Waals surface area contributed by atoms with Gasteiger partial charge in [0.25, 0.3) is 0 Å². The fraction of sp³-hybridized carbons (Fsp3) is 0.214. The average Bonchev–Trinajstić information content (AvgIpc) is 2.81. The zero-order valence-corrected chi connectivity index (χ0v) is 11.2. The molecule has 3 aromatic rings. The molecule has 0 spiro atoms. The normalized spacial score (nSPS) is 10.9. The molecule has 5 nitrogen and oxygen atoms in total. The van der Waals surface area contributed by atoms with Crippen LogP contribution in [-0.2, 0) is 7.05 Å². The number of fused-ring (bicyclic) bond motifs is 1. The molecule has 3 aromatic heterocycles. The maximum absolute atomic E-state index is 4.39. The number of rotatable bonds is 2. The molecular weight excluding hydrogens is 238 g/mol. The van der Waals surface area contributed by atoms with Gasteiger partial charge in [0, 0.05) is 50.6 Å². The van der Waals surface area contributed by atoms with Crippen molar-refractivity contribution in [2.24, 2.45) is 7.05 Å². The van der Waals surface area contributed by atoms with Crippen LogP contribution in [0.2, 0.25) is 0 Å². The summed E-state index contributed by atoms with van der Waals surface area (Å²) >= 11 is 0. The molecule has 0 aliphatic rings. The van der Waals surface area contributed by atoms with Crippen molar-refractivity contribution < 1.29 is 0 Å². The topological polar surface area (TPSA) is 46.8 Å². The Morgan fingerprint density at radius 1 is 1.11 bits per heavy atom. The summed E-state index contributed by atoms with van der Waals surface area (Å²) in [5.41, 5.74) is 2.95. The lowest BCUT2D eigenvalue weighted by molar-refractivity contribution is 0.948. The van der Waals surface area contributed by atoms with Gasteiger partial charge < -0.3 is 9.47 Å². The van der Waals surface area contributed by atoms with Gasteiger partial charge in [0.05, 0.1) is 5.69 Å². The van der Waals surface area contributed by atoms with Crippen LogP contribution in [0.5, 0.6) is 0 Å². The summed E-state index contributed by atoms with van der Waals surface area (Å²) < 4.78 is 2.01. The average molecular weight is 253 g/mol. The summed E-state index contributed by atoms with van der Waals surface area (Å²) in [5, 5.41) is 1.11. The number of aromatic nitrogens is 4. The molecule has 0 unspecified atom stereocenters. The minimum Gasteiger partial charge on any atom is -0.363 e. The van der Waals surface area contributed by atoms with E-state index in [1.54, 1.807) is 6.33 Å². The number of aryl methyl sites for hydroxylation is 1. The molecule has 0 aliphatic carbocycles. The molecule has 0 N–H and O–H groups in total. The highest BCUT2D eigenvalue weighted by molar-refractivity contribution is 5.92. The number of pyridine rings is 1. The third-order valence-electron chi connectivity index (χ3n) is 3.15. The van der Waals surface area contributed by atoms with E-state index in [0.717, 1.165) is 28.1 Å². The molecule has 3 rings (SSSR count). The molecule has 0 radical (unpaired) electrons. The van der Waals surface area contributed by atoms with E-state index in [0.29, 0.717) is 0 Å². The van der Waals surface area contributed by atoms with Crippen LogP contribution >= 0.6 is 0 Å². The van der Waals surface area contributed by atoms with Gasteiger partial charge in [0.1, 0.15) is 17.8 Å². The predicted molar refractivity (Wildman–Crippen MR) is 76.1 cm³/mol. The third-order valence-corrected chi connectivity index (χ3v) is 3.15. The van der Waals surface area contributed by atoms with Gasteiger partial charge in [-0.3, -0.25) is 0 Å². The van der Waals surface area contributed by atoms with Gasteiger partial charge >= 0.3 is 0 Å². The number of hydrogen-bond acceptors (Lipinski definition) is 4. The number of nitrogens with zero attached hydrogens (tertiary/aromatic N) is 5. The van der Waals surface area contributed by atoms with E-state index in [2.05, 4.69) is 21.0 Å². The van der Waals surface area contributed by atoms with Crippen LogP contribution in [0.25, 0.3) is 22.3 Å². The highest BCUT2D eigenvalue weighted by atomic mass is 15.1. The molecule has 0 saturated heterocycles. The first-order chi connectivity index (χ1) is 9.16. The van der Waals surface area contributed by atoms with E-state index in [9.17, 15) is 0 Å². The van der Waals surface area contributed by atoms with Gasteiger partial charge in [-0.2, -0.15) is 0 Å². The minimum atomic E-state index is 0.894. The van der Waals surface area contributed by atoms with Crippen molar-refractivity contribution in [1.29, 1.82) is 0 Å². The fourth-order valence-electron chi connectivity index (χ4n) is 2.13. The Morgan fingerprint density at radius 3 is 2.74 bits per heavy atom. The van der Waals surface area contributed by atoms with Gasteiger partial charge in [-0.1, -0.05) is 0 Å². The van der Waals surface area contributed by atoms with E-state index in [-0.39, 0.29) is 0 Å². The first kappa shape index (κ1) is 11.6. The SMILES string of the molecule is CN(C)c1cc(-c2ccnc3c2ccn3C)ncn1. The van der Waals surface area contributed by atoms with Crippen molar-refractivity contribution in [3.8, 4) is 11.3 Å². The molecule has 0 bridgehead atoms. The van der Waals surface area contributed by atoms with Crippen molar-refractivity contribution in [2.75, 3.05) is 19.0 Å². The van der Waals surface area contributed by atoms with Crippen molar-refractivity contribution >= 4 is 16.9 Å². The van der Waals surface area contributed by atoms with E-state index in [1.165, 1.54) is 0 Å². The quantitative estimate of drug-likeness (QED) is 0.701. The van der Waals surface area contributed by atoms with Crippen molar-refractivity contribution in [1.82, 2.24) is 19.5 Å². The van der Waals surface area contributed by atoms with Gasteiger partial charge in [0.2, 0.25) is 0 Å². The molecule has 0 aliphatic heterocycles. The van der Waals surface area contributed by atoms with Crippen LogP contribution in [0.4, 0.5) is 5.82 Å². The van der Waals surface area contributed by atoms with Crippen molar-refractivity contribution in [3.63, 3.8) is 0 Å². The summed E-state index contributed by atoms with van der Waals surface area (Å²) in [6, 6.07) is 6.04. The highest BCUT2D eigenvalue weighted by Crippen LogP contribution is 2.27.